The Kier molecular flexibility index (Phi) is 3.54. The summed E-state index contributed by atoms with van der Waals surface area (Å²) in [6.07, 6.45) is 2.05. The van der Waals surface area contributed by atoms with Gasteiger partial charge in [-0.1, -0.05) is 54.6 Å². The fraction of sp³-hybridized carbons (Fsp3) is 0.154. The lowest BCUT2D eigenvalue weighted by Gasteiger charge is -2.40. The first-order chi connectivity index (χ1) is 14.6. The average molecular weight is 392 g/mol. The van der Waals surface area contributed by atoms with Crippen LogP contribution in [0, 0.1) is 6.92 Å². The van der Waals surface area contributed by atoms with Gasteiger partial charge in [-0.3, -0.25) is 0 Å². The zero-order valence-electron chi connectivity index (χ0n) is 16.6. The number of aromatic nitrogens is 1. The second-order valence-electron chi connectivity index (χ2n) is 8.18. The quantitative estimate of drug-likeness (QED) is 0.498. The molecule has 4 heteroatoms. The van der Waals surface area contributed by atoms with Gasteiger partial charge in [0.05, 0.1) is 22.5 Å². The fourth-order valence-corrected chi connectivity index (χ4v) is 5.14. The minimum absolute atomic E-state index is 0.290. The fourth-order valence-electron chi connectivity index (χ4n) is 5.14. The van der Waals surface area contributed by atoms with Crippen molar-refractivity contribution < 1.29 is 9.90 Å². The molecule has 0 unspecified atom stereocenters. The number of pyridine rings is 1. The van der Waals surface area contributed by atoms with Gasteiger partial charge in [-0.25, -0.2) is 9.78 Å². The normalized spacial score (nSPS) is 14.6. The monoisotopic (exact) mass is 392 g/mol. The highest BCUT2D eigenvalue weighted by molar-refractivity contribution is 6.14. The van der Waals surface area contributed by atoms with E-state index in [-0.39, 0.29) is 0 Å². The maximum absolute atomic E-state index is 12.1. The van der Waals surface area contributed by atoms with E-state index in [2.05, 4.69) is 41.3 Å². The molecule has 0 amide bonds. The number of aryl methyl sites for hydroxylation is 1. The second kappa shape index (κ2) is 6.17. The van der Waals surface area contributed by atoms with Gasteiger partial charge in [-0.05, 0) is 48.6 Å². The van der Waals surface area contributed by atoms with Gasteiger partial charge in [0.1, 0.15) is 0 Å². The van der Waals surface area contributed by atoms with Crippen molar-refractivity contribution in [1.82, 2.24) is 4.98 Å². The minimum Gasteiger partial charge on any atom is -0.478 e. The Labute approximate surface area is 174 Å². The number of carboxylic acid groups (broad SMARTS) is 1. The Morgan fingerprint density at radius 3 is 2.33 bits per heavy atom. The number of aromatic carboxylic acids is 1. The molecule has 6 rings (SSSR count). The van der Waals surface area contributed by atoms with Gasteiger partial charge in [0.2, 0.25) is 0 Å². The smallest absolute Gasteiger partial charge is 0.338 e. The van der Waals surface area contributed by atoms with Gasteiger partial charge < -0.3 is 10.0 Å². The highest BCUT2D eigenvalue weighted by Crippen LogP contribution is 2.50. The highest BCUT2D eigenvalue weighted by Gasteiger charge is 2.36. The molecule has 0 atom stereocenters. The molecule has 4 aromatic rings. The lowest BCUT2D eigenvalue weighted by molar-refractivity contribution is 0.0696. The van der Waals surface area contributed by atoms with Gasteiger partial charge >= 0.3 is 5.97 Å². The van der Waals surface area contributed by atoms with E-state index in [4.69, 9.17) is 4.98 Å². The molecule has 0 spiro atoms. The first-order valence-electron chi connectivity index (χ1n) is 10.2. The molecule has 2 aliphatic rings. The molecule has 0 saturated carbocycles. The van der Waals surface area contributed by atoms with Crippen LogP contribution in [0.25, 0.3) is 22.0 Å². The maximum Gasteiger partial charge on any atom is 0.338 e. The van der Waals surface area contributed by atoms with E-state index >= 15 is 0 Å². The zero-order valence-corrected chi connectivity index (χ0v) is 16.6. The molecule has 1 N–H and O–H groups in total. The van der Waals surface area contributed by atoms with Crippen molar-refractivity contribution in [2.75, 3.05) is 4.90 Å². The van der Waals surface area contributed by atoms with Gasteiger partial charge in [0.25, 0.3) is 0 Å². The van der Waals surface area contributed by atoms with Gasteiger partial charge in [0, 0.05) is 22.7 Å². The van der Waals surface area contributed by atoms with Crippen LogP contribution in [-0.4, -0.2) is 22.1 Å². The average Bonchev–Trinajstić information content (AvgIpc) is 3.15. The van der Waals surface area contributed by atoms with Crippen molar-refractivity contribution in [2.45, 2.75) is 25.8 Å². The van der Waals surface area contributed by atoms with Gasteiger partial charge in [-0.15, -0.1) is 0 Å². The molecule has 1 aromatic heterocycles. The Bertz CT molecular complexity index is 1320. The number of carboxylic acids is 1. The number of hydrogen-bond donors (Lipinski definition) is 1. The minimum atomic E-state index is -0.934. The Morgan fingerprint density at radius 2 is 1.67 bits per heavy atom. The van der Waals surface area contributed by atoms with Crippen molar-refractivity contribution in [3.63, 3.8) is 0 Å². The molecular formula is C26H20N2O2. The van der Waals surface area contributed by atoms with Gasteiger partial charge in [0.15, 0.2) is 0 Å². The second-order valence-corrected chi connectivity index (χ2v) is 8.18. The van der Waals surface area contributed by atoms with E-state index in [9.17, 15) is 9.90 Å². The summed E-state index contributed by atoms with van der Waals surface area (Å²) in [5.41, 5.74) is 8.51. The Morgan fingerprint density at radius 1 is 1.00 bits per heavy atom. The number of nitrogens with zero attached hydrogens (tertiary/aromatic N) is 2. The van der Waals surface area contributed by atoms with Crippen LogP contribution in [0.3, 0.4) is 0 Å². The van der Waals surface area contributed by atoms with Crippen molar-refractivity contribution in [2.24, 2.45) is 0 Å². The van der Waals surface area contributed by atoms with E-state index in [0.29, 0.717) is 17.3 Å². The Balaban J connectivity index is 1.52. The van der Waals surface area contributed by atoms with Crippen molar-refractivity contribution >= 4 is 28.2 Å². The van der Waals surface area contributed by atoms with Crippen molar-refractivity contribution in [1.29, 1.82) is 0 Å². The van der Waals surface area contributed by atoms with Crippen LogP contribution >= 0.6 is 0 Å². The largest absolute Gasteiger partial charge is 0.478 e. The molecule has 0 radical (unpaired) electrons. The van der Waals surface area contributed by atoms with Gasteiger partial charge in [-0.2, -0.15) is 0 Å². The Hall–Kier alpha value is -3.66. The van der Waals surface area contributed by atoms with E-state index in [1.165, 1.54) is 11.1 Å². The first kappa shape index (κ1) is 17.2. The number of fused-ring (bicyclic) bond motifs is 5. The van der Waals surface area contributed by atoms with E-state index in [1.54, 1.807) is 6.92 Å². The van der Waals surface area contributed by atoms with Crippen LogP contribution in [0.1, 0.15) is 27.2 Å². The molecule has 3 aromatic carbocycles. The van der Waals surface area contributed by atoms with Crippen LogP contribution in [0.15, 0.2) is 66.7 Å². The summed E-state index contributed by atoms with van der Waals surface area (Å²) in [7, 11) is 0. The molecule has 4 nitrogen and oxygen atoms in total. The summed E-state index contributed by atoms with van der Waals surface area (Å²) in [5.74, 6) is -0.934. The van der Waals surface area contributed by atoms with Crippen LogP contribution in [0.2, 0.25) is 0 Å². The lowest BCUT2D eigenvalue weighted by atomic mass is 9.90. The summed E-state index contributed by atoms with van der Waals surface area (Å²) in [5, 5.41) is 10.8. The predicted octanol–water partition coefficient (Wildman–Crippen LogP) is 5.53. The third kappa shape index (κ3) is 2.34. The van der Waals surface area contributed by atoms with E-state index in [1.807, 2.05) is 30.3 Å². The van der Waals surface area contributed by atoms with Crippen molar-refractivity contribution in [3.05, 3.63) is 89.1 Å². The molecule has 2 heterocycles. The standard InChI is InChI=1S/C26H20N2O2/c1-15-23(26(29)30)24(16-7-3-2-4-8-16)21-13-20-14-22(25(21)27-15)28(20)19-11-17-9-5-6-10-18(17)12-19/h2-10,13-14,19H,11-12H2,1H3,(H,29,30). The predicted molar refractivity (Wildman–Crippen MR) is 119 cm³/mol. The number of rotatable bonds is 3. The summed E-state index contributed by atoms with van der Waals surface area (Å²) in [4.78, 5) is 19.3. The lowest BCUT2D eigenvalue weighted by Crippen LogP contribution is -2.36. The highest BCUT2D eigenvalue weighted by atomic mass is 16.4. The topological polar surface area (TPSA) is 53.4 Å². The van der Waals surface area contributed by atoms with E-state index in [0.717, 1.165) is 46.2 Å². The van der Waals surface area contributed by atoms with Crippen LogP contribution in [0.5, 0.6) is 0 Å². The van der Waals surface area contributed by atoms with Crippen molar-refractivity contribution in [3.8, 4) is 11.1 Å². The molecule has 0 saturated heterocycles. The summed E-state index contributed by atoms with van der Waals surface area (Å²) in [6, 6.07) is 23.1. The molecule has 2 bridgehead atoms. The van der Waals surface area contributed by atoms with E-state index < -0.39 is 5.97 Å². The summed E-state index contributed by atoms with van der Waals surface area (Å²) >= 11 is 0. The molecule has 1 aliphatic carbocycles. The number of carbonyl (C=O) groups is 1. The molecule has 30 heavy (non-hydrogen) atoms. The van der Waals surface area contributed by atoms with Crippen LogP contribution in [-0.2, 0) is 12.8 Å². The molecule has 146 valence electrons. The third-order valence-electron chi connectivity index (χ3n) is 6.44. The van der Waals surface area contributed by atoms with Crippen LogP contribution < -0.4 is 4.90 Å². The zero-order chi connectivity index (χ0) is 20.4. The molecular weight excluding hydrogens is 372 g/mol. The number of hydrogen-bond acceptors (Lipinski definition) is 3. The number of benzene rings is 3. The third-order valence-corrected chi connectivity index (χ3v) is 6.44. The SMILES string of the molecule is Cc1nc2c3cc(cc2c(-c2ccccc2)c1C(=O)O)N3C1Cc2ccccc2C1. The van der Waals surface area contributed by atoms with Crippen LogP contribution in [0.4, 0.5) is 11.4 Å². The molecule has 0 fully saturated rings. The molecule has 1 aliphatic heterocycles. The maximum atomic E-state index is 12.1. The summed E-state index contributed by atoms with van der Waals surface area (Å²) in [6.45, 7) is 1.80. The summed E-state index contributed by atoms with van der Waals surface area (Å²) < 4.78 is 0. The first-order valence-corrected chi connectivity index (χ1v) is 10.2. The number of anilines is 2.